The molecule has 182 valence electrons. The van der Waals surface area contributed by atoms with Crippen molar-refractivity contribution >= 4 is 43.8 Å². The van der Waals surface area contributed by atoms with E-state index in [0.717, 1.165) is 66.5 Å². The summed E-state index contributed by atoms with van der Waals surface area (Å²) in [6.45, 7) is 2.07. The molecule has 1 aromatic carbocycles. The van der Waals surface area contributed by atoms with Gasteiger partial charge in [0.05, 0.1) is 10.9 Å². The van der Waals surface area contributed by atoms with Crippen molar-refractivity contribution in [1.82, 2.24) is 9.55 Å². The highest BCUT2D eigenvalue weighted by Crippen LogP contribution is 2.39. The fraction of sp³-hybridized carbons (Fsp3) is 0.357. The van der Waals surface area contributed by atoms with Crippen LogP contribution in [0.25, 0.3) is 21.6 Å². The number of amides is 1. The van der Waals surface area contributed by atoms with E-state index in [1.54, 1.807) is 11.3 Å². The standard InChI is InChI=1S/C28H26N4O2S2/c1-16-11-12-18-20(14-29)26(36-22(18)13-16)30-23(33)15-32-25(17-7-3-2-4-8-17)31-27-24(28(32)34)19-9-5-6-10-21(19)35-27/h2-4,7-8,16H,5-6,9-13,15H2,1H3,(H,30,33). The average Bonchev–Trinajstić information content (AvgIpc) is 3.42. The minimum Gasteiger partial charge on any atom is -0.315 e. The smallest absolute Gasteiger partial charge is 0.263 e. The second-order valence-electron chi connectivity index (χ2n) is 9.80. The molecule has 0 saturated carbocycles. The zero-order valence-electron chi connectivity index (χ0n) is 20.1. The van der Waals surface area contributed by atoms with Gasteiger partial charge >= 0.3 is 0 Å². The third-order valence-electron chi connectivity index (χ3n) is 7.28. The number of thiophene rings is 2. The van der Waals surface area contributed by atoms with Gasteiger partial charge in [-0.1, -0.05) is 37.3 Å². The predicted molar refractivity (Wildman–Crippen MR) is 145 cm³/mol. The zero-order valence-corrected chi connectivity index (χ0v) is 21.7. The average molecular weight is 515 g/mol. The van der Waals surface area contributed by atoms with Crippen molar-refractivity contribution in [3.63, 3.8) is 0 Å². The summed E-state index contributed by atoms with van der Waals surface area (Å²) in [7, 11) is 0. The minimum absolute atomic E-state index is 0.152. The number of hydrogen-bond donors (Lipinski definition) is 1. The largest absolute Gasteiger partial charge is 0.315 e. The van der Waals surface area contributed by atoms with E-state index in [1.807, 2.05) is 30.3 Å². The van der Waals surface area contributed by atoms with Gasteiger partial charge in [-0.05, 0) is 62.0 Å². The Morgan fingerprint density at radius 2 is 1.94 bits per heavy atom. The molecular formula is C28H26N4O2S2. The van der Waals surface area contributed by atoms with Crippen molar-refractivity contribution in [3.05, 3.63) is 67.1 Å². The van der Waals surface area contributed by atoms with E-state index in [0.29, 0.717) is 27.7 Å². The van der Waals surface area contributed by atoms with Crippen LogP contribution in [0.15, 0.2) is 35.1 Å². The number of nitriles is 1. The molecule has 4 aromatic rings. The molecule has 6 rings (SSSR count). The predicted octanol–water partition coefficient (Wildman–Crippen LogP) is 5.70. The van der Waals surface area contributed by atoms with Gasteiger partial charge in [0, 0.05) is 15.3 Å². The quantitative estimate of drug-likeness (QED) is 0.378. The van der Waals surface area contributed by atoms with E-state index in [1.165, 1.54) is 25.7 Å². The van der Waals surface area contributed by atoms with E-state index in [-0.39, 0.29) is 18.0 Å². The van der Waals surface area contributed by atoms with Crippen molar-refractivity contribution in [2.75, 3.05) is 5.32 Å². The van der Waals surface area contributed by atoms with Gasteiger partial charge in [0.1, 0.15) is 28.3 Å². The maximum absolute atomic E-state index is 13.9. The molecule has 1 amide bonds. The van der Waals surface area contributed by atoms with Gasteiger partial charge in [0.15, 0.2) is 0 Å². The number of carbonyl (C=O) groups is 1. The second kappa shape index (κ2) is 9.30. The Kier molecular flexibility index (Phi) is 5.98. The molecule has 0 saturated heterocycles. The first-order chi connectivity index (χ1) is 17.5. The van der Waals surface area contributed by atoms with Crippen molar-refractivity contribution in [2.24, 2.45) is 5.92 Å². The molecule has 0 radical (unpaired) electrons. The fourth-order valence-electron chi connectivity index (χ4n) is 5.46. The van der Waals surface area contributed by atoms with Gasteiger partial charge in [-0.25, -0.2) is 4.98 Å². The Morgan fingerprint density at radius 3 is 2.75 bits per heavy atom. The van der Waals surface area contributed by atoms with Crippen LogP contribution in [0.3, 0.4) is 0 Å². The van der Waals surface area contributed by atoms with Crippen LogP contribution in [0.1, 0.15) is 52.6 Å². The van der Waals surface area contributed by atoms with E-state index in [9.17, 15) is 14.9 Å². The third kappa shape index (κ3) is 3.97. The zero-order chi connectivity index (χ0) is 24.8. The number of carbonyl (C=O) groups excluding carboxylic acids is 1. The maximum atomic E-state index is 13.9. The lowest BCUT2D eigenvalue weighted by molar-refractivity contribution is -0.116. The van der Waals surface area contributed by atoms with Crippen LogP contribution in [-0.2, 0) is 37.0 Å². The molecule has 3 aromatic heterocycles. The normalized spacial score (nSPS) is 16.8. The van der Waals surface area contributed by atoms with Crippen LogP contribution in [0.4, 0.5) is 5.00 Å². The number of aromatic nitrogens is 2. The summed E-state index contributed by atoms with van der Waals surface area (Å²) in [6, 6.07) is 11.9. The highest BCUT2D eigenvalue weighted by atomic mass is 32.1. The van der Waals surface area contributed by atoms with Crippen molar-refractivity contribution in [1.29, 1.82) is 5.26 Å². The molecule has 2 aliphatic rings. The Morgan fingerprint density at radius 1 is 1.14 bits per heavy atom. The summed E-state index contributed by atoms with van der Waals surface area (Å²) < 4.78 is 1.51. The Labute approximate surface area is 217 Å². The molecular weight excluding hydrogens is 488 g/mol. The number of anilines is 1. The number of nitrogens with one attached hydrogen (secondary N) is 1. The van der Waals surface area contributed by atoms with Crippen LogP contribution >= 0.6 is 22.7 Å². The first-order valence-electron chi connectivity index (χ1n) is 12.5. The molecule has 2 aliphatic carbocycles. The first-order valence-corrected chi connectivity index (χ1v) is 14.1. The lowest BCUT2D eigenvalue weighted by Gasteiger charge is -2.17. The molecule has 1 atom stereocenters. The number of fused-ring (bicyclic) bond motifs is 4. The summed E-state index contributed by atoms with van der Waals surface area (Å²) in [5.74, 6) is 0.761. The van der Waals surface area contributed by atoms with Crippen molar-refractivity contribution in [2.45, 2.75) is 58.4 Å². The number of aryl methyl sites for hydroxylation is 2. The summed E-state index contributed by atoms with van der Waals surface area (Å²) in [5.41, 5.74) is 3.40. The van der Waals surface area contributed by atoms with Crippen LogP contribution < -0.4 is 10.9 Å². The minimum atomic E-state index is -0.317. The maximum Gasteiger partial charge on any atom is 0.263 e. The van der Waals surface area contributed by atoms with E-state index in [2.05, 4.69) is 18.3 Å². The lowest BCUT2D eigenvalue weighted by Crippen LogP contribution is -2.30. The summed E-state index contributed by atoms with van der Waals surface area (Å²) in [5, 5.41) is 14.0. The van der Waals surface area contributed by atoms with E-state index >= 15 is 0 Å². The molecule has 0 aliphatic heterocycles. The topological polar surface area (TPSA) is 87.8 Å². The fourth-order valence-corrected chi connectivity index (χ4v) is 8.09. The van der Waals surface area contributed by atoms with Gasteiger partial charge in [-0.15, -0.1) is 22.7 Å². The molecule has 36 heavy (non-hydrogen) atoms. The molecule has 8 heteroatoms. The van der Waals surface area contributed by atoms with Gasteiger partial charge < -0.3 is 5.32 Å². The molecule has 0 spiro atoms. The number of benzene rings is 1. The second-order valence-corrected chi connectivity index (χ2v) is 12.0. The molecule has 6 nitrogen and oxygen atoms in total. The molecule has 1 unspecified atom stereocenters. The van der Waals surface area contributed by atoms with Crippen molar-refractivity contribution in [3.8, 4) is 17.5 Å². The molecule has 1 N–H and O–H groups in total. The number of rotatable bonds is 4. The molecule has 3 heterocycles. The van der Waals surface area contributed by atoms with Gasteiger partial charge in [0.2, 0.25) is 5.91 Å². The summed E-state index contributed by atoms with van der Waals surface area (Å²) in [4.78, 5) is 35.3. The van der Waals surface area contributed by atoms with E-state index in [4.69, 9.17) is 4.98 Å². The highest BCUT2D eigenvalue weighted by Gasteiger charge is 2.26. The van der Waals surface area contributed by atoms with Gasteiger partial charge in [-0.2, -0.15) is 5.26 Å². The molecule has 0 bridgehead atoms. The summed E-state index contributed by atoms with van der Waals surface area (Å²) >= 11 is 3.11. The van der Waals surface area contributed by atoms with Crippen molar-refractivity contribution < 1.29 is 4.79 Å². The first kappa shape index (κ1) is 23.1. The van der Waals surface area contributed by atoms with Gasteiger partial charge in [-0.3, -0.25) is 14.2 Å². The SMILES string of the molecule is CC1CCc2c(sc(NC(=O)Cn3c(-c4ccccc4)nc4sc5c(c4c3=O)CCCC5)c2C#N)C1. The van der Waals surface area contributed by atoms with Crippen LogP contribution in [0, 0.1) is 17.2 Å². The monoisotopic (exact) mass is 514 g/mol. The Bertz CT molecular complexity index is 1590. The van der Waals surface area contributed by atoms with E-state index < -0.39 is 0 Å². The number of hydrogen-bond acceptors (Lipinski definition) is 6. The van der Waals surface area contributed by atoms with Crippen LogP contribution in [0.5, 0.6) is 0 Å². The lowest BCUT2D eigenvalue weighted by atomic mass is 9.89. The molecule has 0 fully saturated rings. The number of nitrogens with zero attached hydrogens (tertiary/aromatic N) is 3. The van der Waals surface area contributed by atoms with Crippen LogP contribution in [0.2, 0.25) is 0 Å². The van der Waals surface area contributed by atoms with Crippen LogP contribution in [-0.4, -0.2) is 15.5 Å². The third-order valence-corrected chi connectivity index (χ3v) is 9.64. The highest BCUT2D eigenvalue weighted by molar-refractivity contribution is 7.18. The Balaban J connectivity index is 1.41. The van der Waals surface area contributed by atoms with Gasteiger partial charge in [0.25, 0.3) is 5.56 Å². The summed E-state index contributed by atoms with van der Waals surface area (Å²) in [6.07, 6.45) is 6.92. The Hall–Kier alpha value is -3.28.